The van der Waals surface area contributed by atoms with Crippen LogP contribution in [0.5, 0.6) is 0 Å². The van der Waals surface area contributed by atoms with Crippen LogP contribution in [0.2, 0.25) is 0 Å². The smallest absolute Gasteiger partial charge is 0.338 e. The Morgan fingerprint density at radius 1 is 1.64 bits per heavy atom. The molecule has 4 nitrogen and oxygen atoms in total. The highest BCUT2D eigenvalue weighted by Gasteiger charge is 2.40. The van der Waals surface area contributed by atoms with Crippen LogP contribution >= 0.6 is 0 Å². The van der Waals surface area contributed by atoms with Crippen molar-refractivity contribution in [1.29, 1.82) is 0 Å². The van der Waals surface area contributed by atoms with Gasteiger partial charge in [-0.15, -0.1) is 0 Å². The summed E-state index contributed by atoms with van der Waals surface area (Å²) in [6.45, 7) is 3.24. The molecule has 0 aromatic rings. The minimum Gasteiger partial charge on any atom is -0.432 e. The lowest BCUT2D eigenvalue weighted by atomic mass is 10.3. The molecular formula is C7H9O4. The number of carbonyl (C=O) groups excluding carboxylic acids is 2. The molecule has 0 aliphatic carbocycles. The van der Waals surface area contributed by atoms with Crippen LogP contribution in [0, 0.1) is 0 Å². The molecule has 0 aromatic carbocycles. The van der Waals surface area contributed by atoms with Crippen molar-refractivity contribution < 1.29 is 19.1 Å². The number of ether oxygens (including phenoxy) is 2. The second-order valence-electron chi connectivity index (χ2n) is 2.78. The van der Waals surface area contributed by atoms with E-state index in [0.717, 1.165) is 0 Å². The molecule has 1 radical (unpaired) electrons. The normalized spacial score (nSPS) is 28.2. The SMILES string of the molecule is CC1(C)OC(=O)C(C[C]=O)O1. The quantitative estimate of drug-likeness (QED) is 0.536. The first-order chi connectivity index (χ1) is 5.05. The lowest BCUT2D eigenvalue weighted by Gasteiger charge is -2.14. The lowest BCUT2D eigenvalue weighted by molar-refractivity contribution is -0.160. The van der Waals surface area contributed by atoms with E-state index in [2.05, 4.69) is 0 Å². The molecule has 1 atom stereocenters. The highest BCUT2D eigenvalue weighted by molar-refractivity contribution is 5.79. The molecule has 1 rings (SSSR count). The van der Waals surface area contributed by atoms with Crippen LogP contribution in [0.4, 0.5) is 0 Å². The average molecular weight is 157 g/mol. The molecule has 0 bridgehead atoms. The van der Waals surface area contributed by atoms with Gasteiger partial charge < -0.3 is 9.47 Å². The zero-order valence-electron chi connectivity index (χ0n) is 6.42. The predicted octanol–water partition coefficient (Wildman–Crippen LogP) is 0.164. The van der Waals surface area contributed by atoms with Crippen molar-refractivity contribution in [1.82, 2.24) is 0 Å². The number of rotatable bonds is 2. The molecule has 4 heteroatoms. The van der Waals surface area contributed by atoms with Crippen LogP contribution in [0.1, 0.15) is 20.3 Å². The summed E-state index contributed by atoms with van der Waals surface area (Å²) in [6.07, 6.45) is 0.787. The van der Waals surface area contributed by atoms with E-state index >= 15 is 0 Å². The molecule has 0 N–H and O–H groups in total. The first kappa shape index (κ1) is 8.20. The fourth-order valence-corrected chi connectivity index (χ4v) is 0.923. The van der Waals surface area contributed by atoms with Crippen LogP contribution in [0.25, 0.3) is 0 Å². The van der Waals surface area contributed by atoms with Gasteiger partial charge in [0.05, 0.1) is 6.42 Å². The summed E-state index contributed by atoms with van der Waals surface area (Å²) in [5, 5.41) is 0. The van der Waals surface area contributed by atoms with Crippen molar-refractivity contribution in [2.75, 3.05) is 0 Å². The van der Waals surface area contributed by atoms with Gasteiger partial charge in [-0.3, -0.25) is 4.79 Å². The molecular weight excluding hydrogens is 148 g/mol. The Hall–Kier alpha value is -0.900. The topological polar surface area (TPSA) is 52.6 Å². The molecule has 1 aliphatic rings. The van der Waals surface area contributed by atoms with Crippen molar-refractivity contribution >= 4 is 12.3 Å². The number of cyclic esters (lactones) is 1. The number of hydrogen-bond acceptors (Lipinski definition) is 4. The number of hydrogen-bond donors (Lipinski definition) is 0. The molecule has 0 spiro atoms. The van der Waals surface area contributed by atoms with Gasteiger partial charge in [-0.2, -0.15) is 0 Å². The van der Waals surface area contributed by atoms with Gasteiger partial charge in [-0.05, 0) is 0 Å². The zero-order valence-corrected chi connectivity index (χ0v) is 6.42. The molecule has 0 saturated carbocycles. The molecule has 1 saturated heterocycles. The van der Waals surface area contributed by atoms with Crippen molar-refractivity contribution in [2.24, 2.45) is 0 Å². The zero-order chi connectivity index (χ0) is 8.48. The maximum Gasteiger partial charge on any atom is 0.338 e. The van der Waals surface area contributed by atoms with Crippen molar-refractivity contribution in [3.63, 3.8) is 0 Å². The largest absolute Gasteiger partial charge is 0.432 e. The van der Waals surface area contributed by atoms with Gasteiger partial charge >= 0.3 is 5.97 Å². The molecule has 1 unspecified atom stereocenters. The highest BCUT2D eigenvalue weighted by atomic mass is 16.8. The summed E-state index contributed by atoms with van der Waals surface area (Å²) in [5.74, 6) is -1.38. The van der Waals surface area contributed by atoms with E-state index in [1.54, 1.807) is 20.1 Å². The average Bonchev–Trinajstić information content (AvgIpc) is 2.07. The van der Waals surface area contributed by atoms with Crippen LogP contribution in [-0.2, 0) is 19.1 Å². The third kappa shape index (κ3) is 1.77. The van der Waals surface area contributed by atoms with E-state index in [4.69, 9.17) is 9.47 Å². The van der Waals surface area contributed by atoms with Crippen LogP contribution in [0.15, 0.2) is 0 Å². The molecule has 61 valence electrons. The van der Waals surface area contributed by atoms with Crippen LogP contribution in [-0.4, -0.2) is 24.1 Å². The van der Waals surface area contributed by atoms with Gasteiger partial charge in [0.25, 0.3) is 0 Å². The summed E-state index contributed by atoms with van der Waals surface area (Å²) < 4.78 is 9.84. The van der Waals surface area contributed by atoms with Crippen molar-refractivity contribution in [3.8, 4) is 0 Å². The standard InChI is InChI=1S/C7H9O4/c1-7(2)10-5(3-4-8)6(9)11-7/h5H,3H2,1-2H3. The van der Waals surface area contributed by atoms with Crippen LogP contribution < -0.4 is 0 Å². The Balaban J connectivity index is 2.59. The Bertz CT molecular complexity index is 185. The summed E-state index contributed by atoms with van der Waals surface area (Å²) in [4.78, 5) is 20.8. The molecule has 1 aliphatic heterocycles. The third-order valence-electron chi connectivity index (χ3n) is 1.30. The predicted molar refractivity (Wildman–Crippen MR) is 35.4 cm³/mol. The Morgan fingerprint density at radius 2 is 2.27 bits per heavy atom. The van der Waals surface area contributed by atoms with Crippen LogP contribution in [0.3, 0.4) is 0 Å². The monoisotopic (exact) mass is 157 g/mol. The van der Waals surface area contributed by atoms with Crippen molar-refractivity contribution in [3.05, 3.63) is 0 Å². The summed E-state index contributed by atoms with van der Waals surface area (Å²) in [7, 11) is 0. The summed E-state index contributed by atoms with van der Waals surface area (Å²) in [5.41, 5.74) is 0. The van der Waals surface area contributed by atoms with Gasteiger partial charge in [0.15, 0.2) is 6.10 Å². The molecule has 1 heterocycles. The molecule has 0 amide bonds. The molecule has 0 aromatic heterocycles. The first-order valence-corrected chi connectivity index (χ1v) is 3.31. The Kier molecular flexibility index (Phi) is 1.95. The van der Waals surface area contributed by atoms with E-state index in [1.165, 1.54) is 0 Å². The number of carbonyl (C=O) groups is 1. The first-order valence-electron chi connectivity index (χ1n) is 3.31. The van der Waals surface area contributed by atoms with E-state index in [9.17, 15) is 9.59 Å². The van der Waals surface area contributed by atoms with Gasteiger partial charge in [-0.25, -0.2) is 4.79 Å². The third-order valence-corrected chi connectivity index (χ3v) is 1.30. The minimum atomic E-state index is -0.890. The van der Waals surface area contributed by atoms with E-state index in [-0.39, 0.29) is 6.42 Å². The van der Waals surface area contributed by atoms with E-state index in [0.29, 0.717) is 0 Å². The van der Waals surface area contributed by atoms with Gasteiger partial charge in [0, 0.05) is 13.8 Å². The number of esters is 1. The highest BCUT2D eigenvalue weighted by Crippen LogP contribution is 2.24. The van der Waals surface area contributed by atoms with Gasteiger partial charge in [0.1, 0.15) is 0 Å². The summed E-state index contributed by atoms with van der Waals surface area (Å²) >= 11 is 0. The second-order valence-corrected chi connectivity index (χ2v) is 2.78. The van der Waals surface area contributed by atoms with Gasteiger partial charge in [-0.1, -0.05) is 0 Å². The molecule has 11 heavy (non-hydrogen) atoms. The van der Waals surface area contributed by atoms with E-state index in [1.807, 2.05) is 0 Å². The minimum absolute atomic E-state index is 0.0533. The van der Waals surface area contributed by atoms with Gasteiger partial charge in [0.2, 0.25) is 12.1 Å². The Labute approximate surface area is 64.5 Å². The summed E-state index contributed by atoms with van der Waals surface area (Å²) in [6, 6.07) is 0. The van der Waals surface area contributed by atoms with E-state index < -0.39 is 17.9 Å². The molecule has 1 fully saturated rings. The van der Waals surface area contributed by atoms with Crippen molar-refractivity contribution in [2.45, 2.75) is 32.2 Å². The fourth-order valence-electron chi connectivity index (χ4n) is 0.923. The maximum absolute atomic E-state index is 10.9. The second kappa shape index (κ2) is 2.62. The Morgan fingerprint density at radius 3 is 2.64 bits per heavy atom. The maximum atomic E-state index is 10.9. The fraction of sp³-hybridized carbons (Fsp3) is 0.714. The lowest BCUT2D eigenvalue weighted by Crippen LogP contribution is -2.21.